The molecule has 0 radical (unpaired) electrons. The molecule has 0 saturated heterocycles. The first kappa shape index (κ1) is 16.0. The maximum Gasteiger partial charge on any atom is 0.239 e. The van der Waals surface area contributed by atoms with Crippen LogP contribution in [0.4, 0.5) is 0 Å². The molecule has 0 unspecified atom stereocenters. The molecule has 100 valence electrons. The second kappa shape index (κ2) is 10.2. The van der Waals surface area contributed by atoms with E-state index >= 15 is 0 Å². The van der Waals surface area contributed by atoms with Gasteiger partial charge in [0.05, 0.1) is 26.4 Å². The number of hydrogen-bond acceptors (Lipinski definition) is 6. The van der Waals surface area contributed by atoms with Crippen LogP contribution in [0.3, 0.4) is 0 Å². The average Bonchev–Trinajstić information content (AvgIpc) is 2.80. The van der Waals surface area contributed by atoms with Gasteiger partial charge in [-0.25, -0.2) is 8.42 Å². The van der Waals surface area contributed by atoms with Crippen LogP contribution in [0.5, 0.6) is 0 Å². The van der Waals surface area contributed by atoms with Crippen molar-refractivity contribution >= 4 is 10.4 Å². The van der Waals surface area contributed by atoms with Gasteiger partial charge < -0.3 is 14.0 Å². The van der Waals surface area contributed by atoms with Crippen molar-refractivity contribution in [2.24, 2.45) is 0 Å². The molecule has 1 heterocycles. The molecule has 1 aromatic rings. The second-order valence-electron chi connectivity index (χ2n) is 2.65. The van der Waals surface area contributed by atoms with Gasteiger partial charge in [-0.05, 0) is 0 Å². The van der Waals surface area contributed by atoms with Gasteiger partial charge >= 0.3 is 0 Å². The summed E-state index contributed by atoms with van der Waals surface area (Å²) in [6.07, 6.45) is 5.39. The Labute approximate surface area is 99.9 Å². The van der Waals surface area contributed by atoms with Crippen LogP contribution in [-0.2, 0) is 24.1 Å². The minimum atomic E-state index is -4.58. The van der Waals surface area contributed by atoms with Crippen LogP contribution >= 0.6 is 0 Å². The number of H-pyrrole nitrogens is 2. The SMILES string of the molecule is COCCOCCOS(=O)(=O)[O-].c1c[nH+]c[nH]1. The van der Waals surface area contributed by atoms with Gasteiger partial charge in [0.15, 0.2) is 0 Å². The normalized spacial score (nSPS) is 10.7. The summed E-state index contributed by atoms with van der Waals surface area (Å²) in [6, 6.07) is 0. The van der Waals surface area contributed by atoms with E-state index in [1.807, 2.05) is 12.4 Å². The first-order valence-electron chi connectivity index (χ1n) is 4.72. The number of aromatic nitrogens is 2. The van der Waals surface area contributed by atoms with Crippen LogP contribution < -0.4 is 4.98 Å². The highest BCUT2D eigenvalue weighted by Crippen LogP contribution is 1.85. The second-order valence-corrected chi connectivity index (χ2v) is 3.70. The summed E-state index contributed by atoms with van der Waals surface area (Å²) in [5, 5.41) is 0. The monoisotopic (exact) mass is 268 g/mol. The summed E-state index contributed by atoms with van der Waals surface area (Å²) in [6.45, 7) is 0.573. The lowest BCUT2D eigenvalue weighted by Crippen LogP contribution is -2.12. The van der Waals surface area contributed by atoms with Gasteiger partial charge in [-0.15, -0.1) is 0 Å². The largest absolute Gasteiger partial charge is 0.726 e. The summed E-state index contributed by atoms with van der Waals surface area (Å²) in [5.74, 6) is 0. The van der Waals surface area contributed by atoms with E-state index < -0.39 is 10.4 Å². The van der Waals surface area contributed by atoms with Crippen LogP contribution in [0.1, 0.15) is 0 Å². The maximum absolute atomic E-state index is 9.86. The zero-order valence-electron chi connectivity index (χ0n) is 9.42. The van der Waals surface area contributed by atoms with Crippen LogP contribution in [0.15, 0.2) is 18.7 Å². The third-order valence-corrected chi connectivity index (χ3v) is 1.78. The van der Waals surface area contributed by atoms with Crippen LogP contribution in [0.25, 0.3) is 0 Å². The molecule has 0 bridgehead atoms. The summed E-state index contributed by atoms with van der Waals surface area (Å²) in [4.78, 5) is 5.61. The fourth-order valence-corrected chi connectivity index (χ4v) is 0.952. The quantitative estimate of drug-likeness (QED) is 0.383. The third-order valence-electron chi connectivity index (χ3n) is 1.33. The van der Waals surface area contributed by atoms with Crippen LogP contribution in [0.2, 0.25) is 0 Å². The molecular weight excluding hydrogens is 252 g/mol. The molecule has 8 nitrogen and oxygen atoms in total. The van der Waals surface area contributed by atoms with Crippen LogP contribution in [-0.4, -0.2) is 51.5 Å². The molecule has 0 spiro atoms. The van der Waals surface area contributed by atoms with Crippen molar-refractivity contribution in [1.82, 2.24) is 4.98 Å². The van der Waals surface area contributed by atoms with Gasteiger partial charge in [-0.3, -0.25) is 14.2 Å². The Kier molecular flexibility index (Phi) is 9.57. The average molecular weight is 268 g/mol. The first-order valence-corrected chi connectivity index (χ1v) is 6.05. The molecule has 0 aromatic carbocycles. The lowest BCUT2D eigenvalue weighted by molar-refractivity contribution is -0.375. The molecule has 0 amide bonds. The Balaban J connectivity index is 0.000000419. The smallest absolute Gasteiger partial charge is 0.239 e. The van der Waals surface area contributed by atoms with Crippen molar-refractivity contribution < 1.29 is 31.6 Å². The molecular formula is C8H16N2O6S. The zero-order valence-corrected chi connectivity index (χ0v) is 10.2. The highest BCUT2D eigenvalue weighted by Gasteiger charge is 1.93. The van der Waals surface area contributed by atoms with E-state index in [9.17, 15) is 13.0 Å². The molecule has 0 atom stereocenters. The summed E-state index contributed by atoms with van der Waals surface area (Å²) in [5.41, 5.74) is 0. The fourth-order valence-electron chi connectivity index (χ4n) is 0.680. The van der Waals surface area contributed by atoms with Gasteiger partial charge in [-0.2, -0.15) is 0 Å². The Hall–Kier alpha value is -1.00. The molecule has 9 heteroatoms. The van der Waals surface area contributed by atoms with Gasteiger partial charge in [0.25, 0.3) is 0 Å². The van der Waals surface area contributed by atoms with Crippen molar-refractivity contribution in [1.29, 1.82) is 0 Å². The number of rotatable bonds is 7. The number of methoxy groups -OCH3 is 1. The number of nitrogens with one attached hydrogen (secondary N) is 2. The predicted molar refractivity (Wildman–Crippen MR) is 55.7 cm³/mol. The molecule has 0 saturated carbocycles. The van der Waals surface area contributed by atoms with Gasteiger partial charge in [0.2, 0.25) is 16.7 Å². The molecule has 0 fully saturated rings. The first-order chi connectivity index (χ1) is 8.06. The van der Waals surface area contributed by atoms with E-state index in [0.717, 1.165) is 0 Å². The molecule has 17 heavy (non-hydrogen) atoms. The van der Waals surface area contributed by atoms with E-state index in [-0.39, 0.29) is 13.2 Å². The Morgan fingerprint density at radius 1 is 1.29 bits per heavy atom. The number of hydrogen-bond donors (Lipinski definition) is 1. The Morgan fingerprint density at radius 2 is 2.00 bits per heavy atom. The molecule has 0 aliphatic carbocycles. The van der Waals surface area contributed by atoms with Gasteiger partial charge in [0, 0.05) is 7.11 Å². The lowest BCUT2D eigenvalue weighted by atomic mass is 10.7. The van der Waals surface area contributed by atoms with E-state index in [1.54, 1.807) is 6.33 Å². The standard InChI is InChI=1S/C5H12O6S.C3H4N2/c1-9-2-3-10-4-5-11-12(6,7)8;1-2-5-3-4-1/h2-5H2,1H3,(H,6,7,8);1-3H,(H,4,5). The topological polar surface area (TPSA) is 115 Å². The van der Waals surface area contributed by atoms with E-state index in [0.29, 0.717) is 13.2 Å². The zero-order chi connectivity index (χ0) is 13.0. The van der Waals surface area contributed by atoms with E-state index in [4.69, 9.17) is 4.74 Å². The van der Waals surface area contributed by atoms with Gasteiger partial charge in [-0.1, -0.05) is 0 Å². The summed E-state index contributed by atoms with van der Waals surface area (Å²) in [7, 11) is -3.06. The predicted octanol–water partition coefficient (Wildman–Crippen LogP) is -1.04. The Bertz CT molecular complexity index is 322. The van der Waals surface area contributed by atoms with E-state index in [1.165, 1.54) is 7.11 Å². The summed E-state index contributed by atoms with van der Waals surface area (Å²) < 4.78 is 42.9. The van der Waals surface area contributed by atoms with E-state index in [2.05, 4.69) is 18.9 Å². The molecule has 0 aliphatic heterocycles. The highest BCUT2D eigenvalue weighted by molar-refractivity contribution is 7.80. The van der Waals surface area contributed by atoms with Crippen molar-refractivity contribution in [2.75, 3.05) is 33.5 Å². The highest BCUT2D eigenvalue weighted by atomic mass is 32.3. The van der Waals surface area contributed by atoms with Gasteiger partial charge in [0.1, 0.15) is 12.4 Å². The van der Waals surface area contributed by atoms with Crippen LogP contribution in [0, 0.1) is 0 Å². The molecule has 1 rings (SSSR count). The minimum Gasteiger partial charge on any atom is -0.726 e. The number of aromatic amines is 2. The minimum absolute atomic E-state index is 0.0603. The maximum atomic E-state index is 9.86. The molecule has 0 aliphatic rings. The third kappa shape index (κ3) is 15.0. The Morgan fingerprint density at radius 3 is 2.41 bits per heavy atom. The number of imidazole rings is 1. The van der Waals surface area contributed by atoms with Crippen molar-refractivity contribution in [3.8, 4) is 0 Å². The molecule has 2 N–H and O–H groups in total. The van der Waals surface area contributed by atoms with Crippen molar-refractivity contribution in [2.45, 2.75) is 0 Å². The molecule has 1 aromatic heterocycles. The lowest BCUT2D eigenvalue weighted by Gasteiger charge is -2.07. The summed E-state index contributed by atoms with van der Waals surface area (Å²) >= 11 is 0. The number of ether oxygens (including phenoxy) is 2. The van der Waals surface area contributed by atoms with Crippen molar-refractivity contribution in [3.05, 3.63) is 18.7 Å². The van der Waals surface area contributed by atoms with Crippen molar-refractivity contribution in [3.63, 3.8) is 0 Å². The fraction of sp³-hybridized carbons (Fsp3) is 0.625.